The zero-order valence-corrected chi connectivity index (χ0v) is 74.1. The van der Waals surface area contributed by atoms with Crippen molar-refractivity contribution in [3.8, 4) is 34.5 Å². The number of benzene rings is 6. The molecule has 32 nitrogen and oxygen atoms in total. The Labute approximate surface area is 755 Å². The van der Waals surface area contributed by atoms with Crippen molar-refractivity contribution in [2.75, 3.05) is 65.3 Å². The zero-order valence-electron chi connectivity index (χ0n) is 66.9. The van der Waals surface area contributed by atoms with Gasteiger partial charge in [-0.2, -0.15) is 0 Å². The first-order chi connectivity index (χ1) is 56.3. The molecule has 0 saturated carbocycles. The van der Waals surface area contributed by atoms with Crippen LogP contribution in [0.15, 0.2) is 199 Å². The number of methoxy groups -OCH3 is 2. The summed E-state index contributed by atoms with van der Waals surface area (Å²) in [6, 6.07) is 43.5. The van der Waals surface area contributed by atoms with Crippen LogP contribution < -0.4 is 137 Å². The first-order valence-corrected chi connectivity index (χ1v) is 38.4. The Hall–Kier alpha value is -9.87. The number of quaternary nitrogens is 1. The summed E-state index contributed by atoms with van der Waals surface area (Å²) < 4.78 is 44.2. The van der Waals surface area contributed by atoms with Crippen LogP contribution in [0.3, 0.4) is 0 Å². The molecular weight excluding hydrogens is 1700 g/mol. The Balaban J connectivity index is 0.000000242. The predicted octanol–water partition coefficient (Wildman–Crippen LogP) is -3.04. The number of piperidine rings is 1. The molecule has 1 unspecified atom stereocenters. The third-order valence-corrected chi connectivity index (χ3v) is 21.3. The van der Waals surface area contributed by atoms with Crippen LogP contribution in [0.1, 0.15) is 92.0 Å². The van der Waals surface area contributed by atoms with E-state index in [1.54, 1.807) is 50.6 Å². The maximum atomic E-state index is 13.1. The normalized spacial score (nSPS) is 16.5. The second-order valence-corrected chi connectivity index (χ2v) is 29.8. The molecule has 13 rings (SSSR count). The summed E-state index contributed by atoms with van der Waals surface area (Å²) in [4.78, 5) is 101. The molecule has 3 fully saturated rings. The largest absolute Gasteiger partial charge is 1.00 e. The maximum absolute atomic E-state index is 13.1. The molecule has 10 aromatic rings. The number of nitrogens with one attached hydrogen (secondary N) is 4. The van der Waals surface area contributed by atoms with Crippen LogP contribution in [0.5, 0.6) is 34.5 Å². The minimum atomic E-state index is -1.72. The number of anilines is 2. The minimum absolute atomic E-state index is 0. The van der Waals surface area contributed by atoms with Gasteiger partial charge in [-0.3, -0.25) is 19.2 Å². The topological polar surface area (TPSA) is 495 Å². The molecule has 3 aliphatic heterocycles. The Morgan fingerprint density at radius 3 is 1.33 bits per heavy atom. The van der Waals surface area contributed by atoms with Gasteiger partial charge in [-0.1, -0.05) is 60.7 Å². The van der Waals surface area contributed by atoms with Crippen LogP contribution in [0.25, 0.3) is 21.9 Å². The number of morpholine rings is 1. The smallest absolute Gasteiger partial charge is 1.00 e. The molecule has 121 heavy (non-hydrogen) atoms. The van der Waals surface area contributed by atoms with E-state index in [9.17, 15) is 84.0 Å². The minimum Gasteiger partial charge on any atom is -1.00 e. The van der Waals surface area contributed by atoms with Crippen LogP contribution >= 0.6 is 22.7 Å². The third kappa shape index (κ3) is 27.3. The number of aromatic carboxylic acids is 2. The number of fused-ring (bicyclic) bond motifs is 7. The molecule has 632 valence electrons. The molecule has 6 aromatic carbocycles. The van der Waals surface area contributed by atoms with E-state index in [1.165, 1.54) is 82.3 Å². The van der Waals surface area contributed by atoms with E-state index in [-0.39, 0.29) is 164 Å². The second kappa shape index (κ2) is 47.0. The molecule has 0 radical (unpaired) electrons. The summed E-state index contributed by atoms with van der Waals surface area (Å²) in [5.74, 6) is -5.94. The average molecular weight is 1790 g/mol. The van der Waals surface area contributed by atoms with Crippen LogP contribution in [-0.4, -0.2) is 191 Å². The van der Waals surface area contributed by atoms with E-state index < -0.39 is 76.1 Å². The number of ether oxygens (including phenoxy) is 6. The summed E-state index contributed by atoms with van der Waals surface area (Å²) in [5.41, 5.74) is 1.02. The fourth-order valence-electron chi connectivity index (χ4n) is 13.3. The number of carbonyl (C=O) groups excluding carboxylic acids is 5. The number of halogens is 1. The Bertz CT molecular complexity index is 4970. The van der Waals surface area contributed by atoms with Crippen LogP contribution in [0.4, 0.5) is 11.4 Å². The molecular formula is C84H88BrN5Na2O27S2. The summed E-state index contributed by atoms with van der Waals surface area (Å²) >= 11 is 2.74. The molecule has 12 N–H and O–H groups in total. The zero-order chi connectivity index (χ0) is 85.5. The number of aliphatic carboxylic acids is 2. The standard InChI is InChI=1S/C23H16O11.2C19H24N2O4.C19H22NO4S2.C4H4O4.BrH.2Na/c24-11(9-31-14-3-1-5-16-20(14)12(25)7-18(33-16)22(27)28)10-32-15-4-2-6-17-21(15)13(26)8-19(34-17)23(29)30;2*1-13(9-14-3-6-16(25-2)7-4-14)20-11-19(24)15-5-8-18(23)17(10-15)21-12-22;1-20(2)12-9-11(10-13(20)17-16(12)24-17)23-18(21)19(22,14-5-3-7-25-14)15-6-4-8-26-15;5-3(6)1-2-4(7)8;;;/h1-8,11,24H,9-10H2,(H,27,28)(H,29,30);2*3-8,10,12-13,19-20,23-24H,9,11H2,1-2H3,(H,21,22);3-8,11-13,16-17,22H,9-10H2,1-2H3;1-2H,(H,5,6)(H,7,8);1H;;/q;;;+1;;;2*+1/p-3/b;;;;2-1+;;;/t;2*13-,19+;11?,12-,13+,16-,17+;;;;/m.11...../s1. The average Bonchev–Trinajstić information content (AvgIpc) is 1.53. The Morgan fingerprint density at radius 2 is 0.983 bits per heavy atom. The van der Waals surface area contributed by atoms with Gasteiger partial charge in [0.2, 0.25) is 18.4 Å². The van der Waals surface area contributed by atoms with Gasteiger partial charge in [0, 0.05) is 62.3 Å². The van der Waals surface area contributed by atoms with Gasteiger partial charge in [-0.15, -0.1) is 22.7 Å². The summed E-state index contributed by atoms with van der Waals surface area (Å²) in [6.07, 6.45) is 3.08. The number of rotatable bonds is 32. The molecule has 0 spiro atoms. The third-order valence-electron chi connectivity index (χ3n) is 19.4. The number of amides is 2. The fourth-order valence-corrected chi connectivity index (χ4v) is 15.0. The van der Waals surface area contributed by atoms with Gasteiger partial charge in [0.25, 0.3) is 0 Å². The monoisotopic (exact) mass is 1790 g/mol. The van der Waals surface area contributed by atoms with Crippen molar-refractivity contribution in [1.29, 1.82) is 0 Å². The van der Waals surface area contributed by atoms with Crippen molar-refractivity contribution in [1.82, 2.24) is 10.6 Å². The number of carbonyl (C=O) groups is 7. The number of aliphatic hydroxyl groups excluding tert-OH is 3. The van der Waals surface area contributed by atoms with Crippen molar-refractivity contribution in [2.45, 2.75) is 106 Å². The summed E-state index contributed by atoms with van der Waals surface area (Å²) in [6.45, 7) is 4.18. The van der Waals surface area contributed by atoms with Gasteiger partial charge < -0.3 is 141 Å². The van der Waals surface area contributed by atoms with E-state index in [2.05, 4.69) is 35.4 Å². The number of esters is 1. The van der Waals surface area contributed by atoms with E-state index in [4.69, 9.17) is 47.5 Å². The molecule has 3 saturated heterocycles. The summed E-state index contributed by atoms with van der Waals surface area (Å²) in [5, 5.41) is 114. The molecule has 4 aromatic heterocycles. The number of phenolic OH excluding ortho intramolecular Hbond substituents is 2. The Kier molecular flexibility index (Phi) is 38.8. The summed E-state index contributed by atoms with van der Waals surface area (Å²) in [7, 11) is 7.77. The van der Waals surface area contributed by atoms with Crippen LogP contribution in [-0.2, 0) is 51.9 Å². The predicted molar refractivity (Wildman–Crippen MR) is 428 cm³/mol. The van der Waals surface area contributed by atoms with Crippen molar-refractivity contribution >= 4 is 98.7 Å². The van der Waals surface area contributed by atoms with E-state index in [1.807, 2.05) is 85.3 Å². The number of carboxylic acid groups (broad SMARTS) is 4. The number of thiophene rings is 2. The van der Waals surface area contributed by atoms with Crippen LogP contribution in [0, 0.1) is 0 Å². The van der Waals surface area contributed by atoms with Crippen LogP contribution in [0.2, 0.25) is 0 Å². The molecule has 3 aliphatic rings. The number of carboxylic acids is 4. The van der Waals surface area contributed by atoms with E-state index >= 15 is 0 Å². The number of hydrogen-bond acceptors (Lipinski definition) is 29. The van der Waals surface area contributed by atoms with Gasteiger partial charge in [0.05, 0.1) is 61.7 Å². The van der Waals surface area contributed by atoms with Crippen molar-refractivity contribution in [2.24, 2.45) is 0 Å². The van der Waals surface area contributed by atoms with Crippen molar-refractivity contribution < 1.29 is 202 Å². The van der Waals surface area contributed by atoms with Gasteiger partial charge in [0.15, 0.2) is 22.4 Å². The van der Waals surface area contributed by atoms with Gasteiger partial charge in [-0.25, -0.2) is 14.4 Å². The molecule has 0 aliphatic carbocycles. The molecule has 37 heteroatoms. The molecule has 2 amide bonds. The molecule has 7 heterocycles. The van der Waals surface area contributed by atoms with E-state index in [0.29, 0.717) is 83.2 Å². The number of nitrogens with zero attached hydrogens (tertiary/aromatic N) is 1. The van der Waals surface area contributed by atoms with Crippen molar-refractivity contribution in [3.63, 3.8) is 0 Å². The number of phenols is 2. The quantitative estimate of drug-likeness (QED) is 0.00379. The number of likely N-dealkylation sites (N-methyl/N-ethyl adjacent to an activating group) is 1. The van der Waals surface area contributed by atoms with Gasteiger partial charge in [-0.05, 0) is 145 Å². The van der Waals surface area contributed by atoms with Gasteiger partial charge in [0.1, 0.15) is 118 Å². The van der Waals surface area contributed by atoms with E-state index in [0.717, 1.165) is 53.8 Å². The first kappa shape index (κ1) is 99.9. The number of aromatic hydroxyl groups is 2. The Morgan fingerprint density at radius 1 is 0.587 bits per heavy atom. The first-order valence-electron chi connectivity index (χ1n) is 36.6. The SMILES string of the molecule is COc1ccc(C[C@@H](C)NC[C@H](O)c2ccc(O)c(NC=O)c2)cc1.COc1ccc(C[C@@H](C)NC[C@H](O)c2ccc(O)c(NC=O)c2)cc1.C[N+]1(C)[C@@H]2CC(OC(=O)C(O)(c3cccs3)c3cccs3)C[C@H]1[C@@H]1O[C@@H]12.O=C(O)/C=C/C(=O)O.O=C([O-])c1cc(=O)c2c(OCC(O)COc3cccc4oc(C(=O)[O-])cc(=O)c34)cccc2o1.[Br-].[Na+].[Na+]. The molecule has 9 atom stereocenters. The van der Waals surface area contributed by atoms with Gasteiger partial charge >= 0.3 is 77.0 Å². The molecule has 2 bridgehead atoms. The number of epoxide rings is 1. The number of hydrogen-bond donors (Lipinski definition) is 12. The fraction of sp³-hybridized carbons (Fsp3) is 0.298. The number of aliphatic hydroxyl groups is 4. The van der Waals surface area contributed by atoms with Crippen molar-refractivity contribution in [3.05, 3.63) is 245 Å². The second-order valence-electron chi connectivity index (χ2n) is 27.9. The maximum Gasteiger partial charge on any atom is 1.00 e.